The molecule has 0 aromatic carbocycles. The maximum atomic E-state index is 11.9. The van der Waals surface area contributed by atoms with E-state index >= 15 is 0 Å². The number of amides is 2. The Morgan fingerprint density at radius 2 is 2.30 bits per heavy atom. The maximum Gasteiger partial charge on any atom is 0.320 e. The van der Waals surface area contributed by atoms with Crippen molar-refractivity contribution in [3.05, 3.63) is 41.3 Å². The first-order chi connectivity index (χ1) is 9.70. The molecule has 0 spiro atoms. The number of aromatic nitrogens is 3. The number of nitrogens with zero attached hydrogens (tertiary/aromatic N) is 2. The molecule has 2 aromatic rings. The Bertz CT molecular complexity index is 604. The van der Waals surface area contributed by atoms with E-state index in [0.717, 1.165) is 24.8 Å². The third-order valence-corrected chi connectivity index (χ3v) is 3.50. The number of nitrogens with one attached hydrogen (secondary N) is 3. The zero-order chi connectivity index (χ0) is 13.9. The lowest BCUT2D eigenvalue weighted by atomic mass is 9.94. The minimum absolute atomic E-state index is 0.144. The number of carbonyl (C=O) groups is 1. The molecule has 0 fully saturated rings. The summed E-state index contributed by atoms with van der Waals surface area (Å²) < 4.78 is 0. The Hall–Kier alpha value is -2.37. The van der Waals surface area contributed by atoms with E-state index in [1.165, 1.54) is 11.3 Å². The molecular formula is C14H17N5O. The van der Waals surface area contributed by atoms with Gasteiger partial charge in [-0.2, -0.15) is 5.10 Å². The van der Waals surface area contributed by atoms with E-state index in [1.54, 1.807) is 12.3 Å². The molecular weight excluding hydrogens is 254 g/mol. The van der Waals surface area contributed by atoms with Crippen LogP contribution in [-0.2, 0) is 12.8 Å². The van der Waals surface area contributed by atoms with Gasteiger partial charge in [0.05, 0.1) is 6.20 Å². The molecule has 0 saturated heterocycles. The summed E-state index contributed by atoms with van der Waals surface area (Å²) in [7, 11) is 0. The fourth-order valence-electron chi connectivity index (χ4n) is 2.42. The molecule has 104 valence electrons. The maximum absolute atomic E-state index is 11.9. The molecule has 1 aliphatic carbocycles. The number of rotatable bonds is 2. The van der Waals surface area contributed by atoms with Crippen molar-refractivity contribution in [2.75, 3.05) is 5.32 Å². The van der Waals surface area contributed by atoms with E-state index < -0.39 is 0 Å². The van der Waals surface area contributed by atoms with Gasteiger partial charge in [-0.05, 0) is 43.4 Å². The van der Waals surface area contributed by atoms with Gasteiger partial charge in [0.1, 0.15) is 5.82 Å². The van der Waals surface area contributed by atoms with E-state index in [0.29, 0.717) is 5.82 Å². The van der Waals surface area contributed by atoms with Crippen LogP contribution in [0, 0.1) is 6.92 Å². The average Bonchev–Trinajstić information content (AvgIpc) is 2.89. The summed E-state index contributed by atoms with van der Waals surface area (Å²) in [6.45, 7) is 1.96. The Morgan fingerprint density at radius 3 is 3.10 bits per heavy atom. The second kappa shape index (κ2) is 5.32. The normalized spacial score (nSPS) is 17.4. The number of hydrogen-bond acceptors (Lipinski definition) is 3. The second-order valence-electron chi connectivity index (χ2n) is 5.13. The third kappa shape index (κ3) is 2.79. The first-order valence-corrected chi connectivity index (χ1v) is 6.72. The lowest BCUT2D eigenvalue weighted by Gasteiger charge is -2.22. The van der Waals surface area contributed by atoms with Crippen LogP contribution in [0.1, 0.15) is 23.2 Å². The van der Waals surface area contributed by atoms with Gasteiger partial charge < -0.3 is 5.32 Å². The number of anilines is 1. The fraction of sp³-hybridized carbons (Fsp3) is 0.357. The van der Waals surface area contributed by atoms with E-state index in [2.05, 4.69) is 25.8 Å². The highest BCUT2D eigenvalue weighted by molar-refractivity contribution is 5.88. The summed E-state index contributed by atoms with van der Waals surface area (Å²) in [5.41, 5.74) is 3.44. The van der Waals surface area contributed by atoms with Crippen molar-refractivity contribution in [2.24, 2.45) is 0 Å². The van der Waals surface area contributed by atoms with Crippen molar-refractivity contribution in [3.63, 3.8) is 0 Å². The molecule has 6 nitrogen and oxygen atoms in total. The van der Waals surface area contributed by atoms with Gasteiger partial charge in [-0.1, -0.05) is 6.07 Å². The monoisotopic (exact) mass is 271 g/mol. The molecule has 6 heteroatoms. The topological polar surface area (TPSA) is 82.7 Å². The van der Waals surface area contributed by atoms with Crippen LogP contribution in [0.2, 0.25) is 0 Å². The minimum atomic E-state index is -0.210. The number of hydrogen-bond donors (Lipinski definition) is 3. The zero-order valence-electron chi connectivity index (χ0n) is 11.3. The Kier molecular flexibility index (Phi) is 3.37. The van der Waals surface area contributed by atoms with Crippen molar-refractivity contribution < 1.29 is 4.79 Å². The standard InChI is InChI=1S/C14H17N5O/c1-9-2-5-13(15-7-9)18-14(20)17-11-3-4-12-10(6-11)8-16-19-12/h2,5,7-8,11H,3-4,6H2,1H3,(H,16,19)(H2,15,17,18,20)/t11-/m0/s1. The van der Waals surface area contributed by atoms with Gasteiger partial charge in [-0.25, -0.2) is 9.78 Å². The van der Waals surface area contributed by atoms with Crippen LogP contribution in [0.5, 0.6) is 0 Å². The minimum Gasteiger partial charge on any atom is -0.335 e. The highest BCUT2D eigenvalue weighted by Crippen LogP contribution is 2.18. The molecule has 2 heterocycles. The van der Waals surface area contributed by atoms with Crippen LogP contribution < -0.4 is 10.6 Å². The molecule has 0 saturated carbocycles. The van der Waals surface area contributed by atoms with Crippen LogP contribution in [0.3, 0.4) is 0 Å². The molecule has 0 radical (unpaired) electrons. The van der Waals surface area contributed by atoms with Gasteiger partial charge in [0.25, 0.3) is 0 Å². The number of pyridine rings is 1. The third-order valence-electron chi connectivity index (χ3n) is 3.50. The molecule has 0 bridgehead atoms. The van der Waals surface area contributed by atoms with Crippen molar-refractivity contribution in [1.29, 1.82) is 0 Å². The van der Waals surface area contributed by atoms with Crippen molar-refractivity contribution >= 4 is 11.8 Å². The number of H-pyrrole nitrogens is 1. The van der Waals surface area contributed by atoms with E-state index in [4.69, 9.17) is 0 Å². The van der Waals surface area contributed by atoms with Crippen LogP contribution >= 0.6 is 0 Å². The molecule has 1 aliphatic rings. The van der Waals surface area contributed by atoms with Gasteiger partial charge in [0.15, 0.2) is 0 Å². The van der Waals surface area contributed by atoms with E-state index in [-0.39, 0.29) is 12.1 Å². The summed E-state index contributed by atoms with van der Waals surface area (Å²) in [6.07, 6.45) is 6.23. The van der Waals surface area contributed by atoms with Crippen LogP contribution in [0.25, 0.3) is 0 Å². The predicted octanol–water partition coefficient (Wildman–Crippen LogP) is 1.79. The molecule has 2 amide bonds. The number of fused-ring (bicyclic) bond motifs is 1. The van der Waals surface area contributed by atoms with Gasteiger partial charge >= 0.3 is 6.03 Å². The van der Waals surface area contributed by atoms with Gasteiger partial charge in [-0.15, -0.1) is 0 Å². The summed E-state index contributed by atoms with van der Waals surface area (Å²) in [6, 6.07) is 3.65. The molecule has 1 atom stereocenters. The summed E-state index contributed by atoms with van der Waals surface area (Å²) in [4.78, 5) is 16.1. The number of aromatic amines is 1. The molecule has 0 unspecified atom stereocenters. The van der Waals surface area contributed by atoms with Crippen molar-refractivity contribution in [2.45, 2.75) is 32.2 Å². The van der Waals surface area contributed by atoms with Crippen LogP contribution in [-0.4, -0.2) is 27.3 Å². The highest BCUT2D eigenvalue weighted by atomic mass is 16.2. The molecule has 3 N–H and O–H groups in total. The fourth-order valence-corrected chi connectivity index (χ4v) is 2.42. The number of carbonyl (C=O) groups excluding carboxylic acids is 1. The van der Waals surface area contributed by atoms with Gasteiger partial charge in [0, 0.05) is 17.9 Å². The van der Waals surface area contributed by atoms with Crippen LogP contribution in [0.15, 0.2) is 24.5 Å². The Balaban J connectivity index is 1.56. The predicted molar refractivity (Wildman–Crippen MR) is 75.5 cm³/mol. The zero-order valence-corrected chi connectivity index (χ0v) is 11.3. The summed E-state index contributed by atoms with van der Waals surface area (Å²) in [5.74, 6) is 0.563. The largest absolute Gasteiger partial charge is 0.335 e. The van der Waals surface area contributed by atoms with Crippen molar-refractivity contribution in [1.82, 2.24) is 20.5 Å². The first kappa shape index (κ1) is 12.7. The van der Waals surface area contributed by atoms with Crippen molar-refractivity contribution in [3.8, 4) is 0 Å². The average molecular weight is 271 g/mol. The Morgan fingerprint density at radius 1 is 1.40 bits per heavy atom. The number of urea groups is 1. The van der Waals surface area contributed by atoms with Gasteiger partial charge in [-0.3, -0.25) is 10.4 Å². The van der Waals surface area contributed by atoms with Crippen LogP contribution in [0.4, 0.5) is 10.6 Å². The van der Waals surface area contributed by atoms with E-state index in [9.17, 15) is 4.79 Å². The second-order valence-corrected chi connectivity index (χ2v) is 5.13. The lowest BCUT2D eigenvalue weighted by molar-refractivity contribution is 0.247. The molecule has 3 rings (SSSR count). The SMILES string of the molecule is Cc1ccc(NC(=O)N[C@H]2CCc3[nH]ncc3C2)nc1. The molecule has 0 aliphatic heterocycles. The van der Waals surface area contributed by atoms with E-state index in [1.807, 2.05) is 19.2 Å². The molecule has 20 heavy (non-hydrogen) atoms. The van der Waals surface area contributed by atoms with Gasteiger partial charge in [0.2, 0.25) is 0 Å². The highest BCUT2D eigenvalue weighted by Gasteiger charge is 2.21. The summed E-state index contributed by atoms with van der Waals surface area (Å²) in [5, 5.41) is 12.7. The lowest BCUT2D eigenvalue weighted by Crippen LogP contribution is -2.41. The quantitative estimate of drug-likeness (QED) is 0.778. The Labute approximate surface area is 117 Å². The number of aryl methyl sites for hydroxylation is 2. The first-order valence-electron chi connectivity index (χ1n) is 6.72. The smallest absolute Gasteiger partial charge is 0.320 e. The summed E-state index contributed by atoms with van der Waals surface area (Å²) >= 11 is 0. The molecule has 2 aromatic heterocycles.